The summed E-state index contributed by atoms with van der Waals surface area (Å²) in [5, 5.41) is 3.47. The van der Waals surface area contributed by atoms with Crippen LogP contribution in [-0.4, -0.2) is 31.6 Å². The van der Waals surface area contributed by atoms with Gasteiger partial charge in [0.05, 0.1) is 0 Å². The molecule has 0 aliphatic carbocycles. The second-order valence-corrected chi connectivity index (χ2v) is 6.13. The van der Waals surface area contributed by atoms with Crippen molar-refractivity contribution in [2.75, 3.05) is 26.7 Å². The van der Waals surface area contributed by atoms with Gasteiger partial charge in [-0.1, -0.05) is 35.0 Å². The van der Waals surface area contributed by atoms with Gasteiger partial charge in [-0.05, 0) is 49.7 Å². The van der Waals surface area contributed by atoms with E-state index >= 15 is 0 Å². The number of nitrogens with one attached hydrogen (secondary N) is 1. The molecular weight excluding hydrogens is 276 g/mol. The van der Waals surface area contributed by atoms with Gasteiger partial charge >= 0.3 is 0 Å². The summed E-state index contributed by atoms with van der Waals surface area (Å²) in [4.78, 5) is 2.43. The van der Waals surface area contributed by atoms with Crippen LogP contribution in [0.3, 0.4) is 0 Å². The van der Waals surface area contributed by atoms with Crippen LogP contribution in [0.1, 0.15) is 12.5 Å². The van der Waals surface area contributed by atoms with E-state index in [2.05, 4.69) is 64.4 Å². The normalized spacial score (nSPS) is 24.5. The molecule has 17 heavy (non-hydrogen) atoms. The summed E-state index contributed by atoms with van der Waals surface area (Å²) in [6.07, 6.45) is 0. The number of hydrogen-bond donors (Lipinski definition) is 1. The maximum absolute atomic E-state index is 3.47. The second kappa shape index (κ2) is 5.98. The first-order valence-corrected chi connectivity index (χ1v) is 7.08. The van der Waals surface area contributed by atoms with Crippen molar-refractivity contribution in [1.82, 2.24) is 10.2 Å². The van der Waals surface area contributed by atoms with Crippen LogP contribution in [-0.2, 0) is 6.54 Å². The highest BCUT2D eigenvalue weighted by Gasteiger charge is 2.23. The molecule has 1 aliphatic rings. The molecule has 1 saturated heterocycles. The van der Waals surface area contributed by atoms with Crippen molar-refractivity contribution in [3.05, 3.63) is 34.3 Å². The smallest absolute Gasteiger partial charge is 0.0230 e. The fourth-order valence-electron chi connectivity index (χ4n) is 2.48. The third-order valence-electron chi connectivity index (χ3n) is 3.59. The molecule has 0 radical (unpaired) electrons. The lowest BCUT2D eigenvalue weighted by Gasteiger charge is -2.23. The van der Waals surface area contributed by atoms with Crippen LogP contribution in [0, 0.1) is 11.8 Å². The minimum absolute atomic E-state index is 0.801. The maximum Gasteiger partial charge on any atom is 0.0230 e. The van der Waals surface area contributed by atoms with Gasteiger partial charge in [-0.2, -0.15) is 0 Å². The van der Waals surface area contributed by atoms with Crippen LogP contribution in [0.4, 0.5) is 0 Å². The summed E-state index contributed by atoms with van der Waals surface area (Å²) in [5.41, 5.74) is 1.38. The van der Waals surface area contributed by atoms with E-state index in [0.717, 1.165) is 22.9 Å². The van der Waals surface area contributed by atoms with Crippen molar-refractivity contribution in [3.8, 4) is 0 Å². The Bertz CT molecular complexity index is 350. The predicted molar refractivity (Wildman–Crippen MR) is 76.0 cm³/mol. The lowest BCUT2D eigenvalue weighted by molar-refractivity contribution is 0.252. The molecule has 2 rings (SSSR count). The van der Waals surface area contributed by atoms with Crippen LogP contribution in [0.2, 0.25) is 0 Å². The third-order valence-corrected chi connectivity index (χ3v) is 4.12. The van der Waals surface area contributed by atoms with Crippen molar-refractivity contribution in [2.45, 2.75) is 13.5 Å². The highest BCUT2D eigenvalue weighted by Crippen LogP contribution is 2.18. The molecule has 1 aliphatic heterocycles. The quantitative estimate of drug-likeness (QED) is 0.919. The Morgan fingerprint density at radius 2 is 2.00 bits per heavy atom. The number of benzene rings is 1. The minimum Gasteiger partial charge on any atom is -0.316 e. The van der Waals surface area contributed by atoms with Gasteiger partial charge in [-0.25, -0.2) is 0 Å². The predicted octanol–water partition coefficient (Wildman–Crippen LogP) is 2.74. The molecule has 1 heterocycles. The van der Waals surface area contributed by atoms with E-state index in [1.807, 2.05) is 0 Å². The van der Waals surface area contributed by atoms with Gasteiger partial charge < -0.3 is 10.2 Å². The third kappa shape index (κ3) is 3.80. The monoisotopic (exact) mass is 296 g/mol. The molecule has 0 spiro atoms. The Morgan fingerprint density at radius 3 is 2.59 bits per heavy atom. The van der Waals surface area contributed by atoms with Crippen molar-refractivity contribution in [1.29, 1.82) is 0 Å². The van der Waals surface area contributed by atoms with Gasteiger partial charge in [0.25, 0.3) is 0 Å². The number of rotatable bonds is 4. The Kier molecular flexibility index (Phi) is 4.60. The highest BCUT2D eigenvalue weighted by atomic mass is 79.9. The van der Waals surface area contributed by atoms with E-state index in [-0.39, 0.29) is 0 Å². The molecule has 2 atom stereocenters. The topological polar surface area (TPSA) is 15.3 Å². The first-order valence-electron chi connectivity index (χ1n) is 6.29. The molecule has 2 unspecified atom stereocenters. The molecular formula is C14H21BrN2. The first-order chi connectivity index (χ1) is 8.15. The molecule has 0 saturated carbocycles. The van der Waals surface area contributed by atoms with Crippen LogP contribution >= 0.6 is 15.9 Å². The zero-order chi connectivity index (χ0) is 12.3. The molecule has 0 aromatic heterocycles. The van der Waals surface area contributed by atoms with Gasteiger partial charge in [0.1, 0.15) is 0 Å². The van der Waals surface area contributed by atoms with Crippen LogP contribution in [0.15, 0.2) is 28.7 Å². The van der Waals surface area contributed by atoms with Crippen molar-refractivity contribution in [3.63, 3.8) is 0 Å². The number of hydrogen-bond acceptors (Lipinski definition) is 2. The summed E-state index contributed by atoms with van der Waals surface area (Å²) < 4.78 is 1.15. The fourth-order valence-corrected chi connectivity index (χ4v) is 2.74. The largest absolute Gasteiger partial charge is 0.316 e. The number of nitrogens with zero attached hydrogens (tertiary/aromatic N) is 1. The second-order valence-electron chi connectivity index (χ2n) is 5.22. The molecule has 0 amide bonds. The minimum atomic E-state index is 0.801. The van der Waals surface area contributed by atoms with Crippen molar-refractivity contribution >= 4 is 15.9 Å². The molecule has 0 bridgehead atoms. The maximum atomic E-state index is 3.47. The van der Waals surface area contributed by atoms with Gasteiger partial charge in [0.15, 0.2) is 0 Å². The Morgan fingerprint density at radius 1 is 1.29 bits per heavy atom. The van der Waals surface area contributed by atoms with E-state index in [1.165, 1.54) is 25.2 Å². The Hall–Kier alpha value is -0.380. The highest BCUT2D eigenvalue weighted by molar-refractivity contribution is 9.10. The Balaban J connectivity index is 1.84. The Labute approximate surface area is 113 Å². The molecule has 2 nitrogen and oxygen atoms in total. The molecule has 94 valence electrons. The summed E-state index contributed by atoms with van der Waals surface area (Å²) in [5.74, 6) is 1.61. The van der Waals surface area contributed by atoms with Crippen LogP contribution in [0.25, 0.3) is 0 Å². The van der Waals surface area contributed by atoms with E-state index in [0.29, 0.717) is 0 Å². The van der Waals surface area contributed by atoms with E-state index < -0.39 is 0 Å². The molecule has 1 aromatic carbocycles. The molecule has 3 heteroatoms. The fraction of sp³-hybridized carbons (Fsp3) is 0.571. The average Bonchev–Trinajstić information content (AvgIpc) is 2.68. The summed E-state index contributed by atoms with van der Waals surface area (Å²) in [6, 6.07) is 8.61. The van der Waals surface area contributed by atoms with Gasteiger partial charge in [-0.15, -0.1) is 0 Å². The van der Waals surface area contributed by atoms with E-state index in [9.17, 15) is 0 Å². The van der Waals surface area contributed by atoms with Crippen LogP contribution < -0.4 is 5.32 Å². The van der Waals surface area contributed by atoms with Crippen LogP contribution in [0.5, 0.6) is 0 Å². The first kappa shape index (κ1) is 13.1. The summed E-state index contributed by atoms with van der Waals surface area (Å²) >= 11 is 3.47. The standard InChI is InChI=1S/C14H21BrN2/c1-11-7-16-8-13(11)10-17(2)9-12-3-5-14(15)6-4-12/h3-6,11,13,16H,7-10H2,1-2H3. The van der Waals surface area contributed by atoms with E-state index in [4.69, 9.17) is 0 Å². The zero-order valence-corrected chi connectivity index (χ0v) is 12.2. The van der Waals surface area contributed by atoms with E-state index in [1.54, 1.807) is 0 Å². The van der Waals surface area contributed by atoms with Gasteiger partial charge in [-0.3, -0.25) is 0 Å². The SMILES string of the molecule is CC1CNCC1CN(C)Cc1ccc(Br)cc1. The lowest BCUT2D eigenvalue weighted by Crippen LogP contribution is -2.28. The van der Waals surface area contributed by atoms with Gasteiger partial charge in [0.2, 0.25) is 0 Å². The van der Waals surface area contributed by atoms with Gasteiger partial charge in [0, 0.05) is 17.6 Å². The molecule has 1 fully saturated rings. The van der Waals surface area contributed by atoms with Crippen molar-refractivity contribution in [2.24, 2.45) is 11.8 Å². The molecule has 1 N–H and O–H groups in total. The number of halogens is 1. The lowest BCUT2D eigenvalue weighted by atomic mass is 9.97. The summed E-state index contributed by atoms with van der Waals surface area (Å²) in [6.45, 7) is 6.92. The molecule has 1 aromatic rings. The summed E-state index contributed by atoms with van der Waals surface area (Å²) in [7, 11) is 2.22. The van der Waals surface area contributed by atoms with Crippen molar-refractivity contribution < 1.29 is 0 Å². The average molecular weight is 297 g/mol. The zero-order valence-electron chi connectivity index (χ0n) is 10.6.